The Morgan fingerprint density at radius 2 is 2.24 bits per heavy atom. The fourth-order valence-corrected chi connectivity index (χ4v) is 2.91. The van der Waals surface area contributed by atoms with Crippen LogP contribution in [0.2, 0.25) is 0 Å². The fourth-order valence-electron chi connectivity index (χ4n) is 2.91. The third kappa shape index (κ3) is 4.40. The normalized spacial score (nSPS) is 23.5. The summed E-state index contributed by atoms with van der Waals surface area (Å²) in [6.07, 6.45) is 17.8. The van der Waals surface area contributed by atoms with Gasteiger partial charge in [-0.25, -0.2) is 0 Å². The Hall–Kier alpha value is -1.67. The van der Waals surface area contributed by atoms with E-state index in [0.29, 0.717) is 0 Å². The van der Waals surface area contributed by atoms with Gasteiger partial charge in [0.25, 0.3) is 0 Å². The molecule has 1 atom stereocenters. The van der Waals surface area contributed by atoms with Crippen molar-refractivity contribution in [2.75, 3.05) is 19.6 Å². The first-order valence-electron chi connectivity index (χ1n) is 7.83. The molecule has 1 aliphatic heterocycles. The van der Waals surface area contributed by atoms with Gasteiger partial charge in [0.2, 0.25) is 0 Å². The summed E-state index contributed by atoms with van der Waals surface area (Å²) < 4.78 is 0. The van der Waals surface area contributed by atoms with Gasteiger partial charge in [-0.1, -0.05) is 55.0 Å². The van der Waals surface area contributed by atoms with E-state index in [1.165, 1.54) is 17.6 Å². The number of hydrogen-bond acceptors (Lipinski definition) is 2. The highest BCUT2D eigenvalue weighted by atomic mass is 16.1. The topological polar surface area (TPSA) is 20.3 Å². The molecule has 0 aromatic heterocycles. The molecular formula is C19H25NO. The second-order valence-electron chi connectivity index (χ2n) is 5.64. The molecule has 2 rings (SSSR count). The second-order valence-corrected chi connectivity index (χ2v) is 5.64. The van der Waals surface area contributed by atoms with Crippen LogP contribution in [0.5, 0.6) is 0 Å². The van der Waals surface area contributed by atoms with Crippen molar-refractivity contribution in [3.05, 3.63) is 59.3 Å². The summed E-state index contributed by atoms with van der Waals surface area (Å²) >= 11 is 0. The summed E-state index contributed by atoms with van der Waals surface area (Å²) in [5.74, 6) is -0.0784. The molecule has 112 valence electrons. The summed E-state index contributed by atoms with van der Waals surface area (Å²) in [6.45, 7) is 7.43. The molecule has 0 bridgehead atoms. The van der Waals surface area contributed by atoms with Crippen molar-refractivity contribution in [3.63, 3.8) is 0 Å². The molecule has 0 amide bonds. The molecule has 2 aliphatic rings. The largest absolute Gasteiger partial charge is 0.302 e. The monoisotopic (exact) mass is 283 g/mol. The molecule has 2 heteroatoms. The standard InChI is InChI=1S/C19H25NO/c1-3-6-19-14-20(12-11-18(19)4-2)13-16-7-5-8-17(15-21)10-9-16/h3,5-10,15,17H,4,11-14H2,1-2H3/b6-3-. The van der Waals surface area contributed by atoms with E-state index in [4.69, 9.17) is 0 Å². The van der Waals surface area contributed by atoms with Gasteiger partial charge in [-0.15, -0.1) is 0 Å². The molecule has 0 N–H and O–H groups in total. The van der Waals surface area contributed by atoms with Crippen LogP contribution in [0.4, 0.5) is 0 Å². The van der Waals surface area contributed by atoms with Crippen molar-refractivity contribution < 1.29 is 4.79 Å². The summed E-state index contributed by atoms with van der Waals surface area (Å²) in [5.41, 5.74) is 4.34. The maximum atomic E-state index is 10.8. The highest BCUT2D eigenvalue weighted by Gasteiger charge is 2.16. The van der Waals surface area contributed by atoms with Gasteiger partial charge in [-0.3, -0.25) is 4.90 Å². The van der Waals surface area contributed by atoms with Crippen molar-refractivity contribution in [2.45, 2.75) is 26.7 Å². The van der Waals surface area contributed by atoms with E-state index < -0.39 is 0 Å². The molecule has 2 nitrogen and oxygen atoms in total. The smallest absolute Gasteiger partial charge is 0.130 e. The van der Waals surface area contributed by atoms with Crippen LogP contribution in [0.1, 0.15) is 26.7 Å². The average molecular weight is 283 g/mol. The quantitative estimate of drug-likeness (QED) is 0.714. The lowest BCUT2D eigenvalue weighted by Gasteiger charge is -2.30. The van der Waals surface area contributed by atoms with E-state index in [-0.39, 0.29) is 5.92 Å². The molecule has 0 aromatic carbocycles. The van der Waals surface area contributed by atoms with Crippen LogP contribution in [-0.4, -0.2) is 30.8 Å². The van der Waals surface area contributed by atoms with Crippen LogP contribution in [0.15, 0.2) is 59.3 Å². The third-order valence-corrected chi connectivity index (χ3v) is 4.11. The van der Waals surface area contributed by atoms with Crippen LogP contribution in [0, 0.1) is 5.92 Å². The highest BCUT2D eigenvalue weighted by Crippen LogP contribution is 2.23. The van der Waals surface area contributed by atoms with Crippen LogP contribution >= 0.6 is 0 Å². The van der Waals surface area contributed by atoms with Crippen LogP contribution < -0.4 is 0 Å². The first-order chi connectivity index (χ1) is 10.3. The van der Waals surface area contributed by atoms with E-state index in [0.717, 1.165) is 32.3 Å². The van der Waals surface area contributed by atoms with E-state index in [2.05, 4.69) is 43.1 Å². The fraction of sp³-hybridized carbons (Fsp3) is 0.421. The van der Waals surface area contributed by atoms with E-state index in [1.54, 1.807) is 5.57 Å². The first kappa shape index (κ1) is 15.7. The molecule has 0 fully saturated rings. The number of carbonyl (C=O) groups excluding carboxylic acids is 1. The van der Waals surface area contributed by atoms with Crippen LogP contribution in [0.25, 0.3) is 0 Å². The van der Waals surface area contributed by atoms with Crippen LogP contribution in [-0.2, 0) is 4.79 Å². The van der Waals surface area contributed by atoms with Gasteiger partial charge >= 0.3 is 0 Å². The molecule has 1 aliphatic carbocycles. The van der Waals surface area contributed by atoms with Crippen molar-refractivity contribution in [1.29, 1.82) is 0 Å². The zero-order valence-electron chi connectivity index (χ0n) is 13.1. The summed E-state index contributed by atoms with van der Waals surface area (Å²) in [6, 6.07) is 0. The minimum atomic E-state index is -0.0784. The second kappa shape index (κ2) is 7.94. The number of aldehydes is 1. The third-order valence-electron chi connectivity index (χ3n) is 4.11. The van der Waals surface area contributed by atoms with Gasteiger partial charge in [0.05, 0.1) is 5.92 Å². The molecule has 1 unspecified atom stereocenters. The van der Waals surface area contributed by atoms with Gasteiger partial charge in [0, 0.05) is 19.6 Å². The number of allylic oxidation sites excluding steroid dienone is 5. The average Bonchev–Trinajstić information content (AvgIpc) is 2.73. The van der Waals surface area contributed by atoms with Gasteiger partial charge in [0.15, 0.2) is 0 Å². The lowest BCUT2D eigenvalue weighted by Crippen LogP contribution is -2.32. The highest BCUT2D eigenvalue weighted by molar-refractivity contribution is 5.61. The molecule has 0 spiro atoms. The molecule has 21 heavy (non-hydrogen) atoms. The molecule has 0 saturated carbocycles. The number of carbonyl (C=O) groups is 1. The Kier molecular flexibility index (Phi) is 5.94. The van der Waals surface area contributed by atoms with Crippen LogP contribution in [0.3, 0.4) is 0 Å². The number of hydrogen-bond donors (Lipinski definition) is 0. The van der Waals surface area contributed by atoms with E-state index >= 15 is 0 Å². The van der Waals surface area contributed by atoms with Gasteiger partial charge in [-0.05, 0) is 30.9 Å². The summed E-state index contributed by atoms with van der Waals surface area (Å²) in [5, 5.41) is 0. The minimum Gasteiger partial charge on any atom is -0.302 e. The molecular weight excluding hydrogens is 258 g/mol. The molecule has 0 radical (unpaired) electrons. The van der Waals surface area contributed by atoms with Gasteiger partial charge in [0.1, 0.15) is 6.29 Å². The lowest BCUT2D eigenvalue weighted by molar-refractivity contribution is -0.108. The molecule has 0 saturated heterocycles. The number of rotatable bonds is 5. The predicted molar refractivity (Wildman–Crippen MR) is 89.1 cm³/mol. The minimum absolute atomic E-state index is 0.0784. The maximum absolute atomic E-state index is 10.8. The van der Waals surface area contributed by atoms with Gasteiger partial charge in [-0.2, -0.15) is 0 Å². The van der Waals surface area contributed by atoms with Crippen molar-refractivity contribution >= 4 is 6.29 Å². The van der Waals surface area contributed by atoms with Gasteiger partial charge < -0.3 is 4.79 Å². The van der Waals surface area contributed by atoms with Crippen molar-refractivity contribution in [2.24, 2.45) is 5.92 Å². The Morgan fingerprint density at radius 3 is 2.95 bits per heavy atom. The van der Waals surface area contributed by atoms with Crippen molar-refractivity contribution in [1.82, 2.24) is 4.90 Å². The zero-order valence-corrected chi connectivity index (χ0v) is 13.1. The van der Waals surface area contributed by atoms with Crippen molar-refractivity contribution in [3.8, 4) is 0 Å². The first-order valence-corrected chi connectivity index (χ1v) is 7.83. The summed E-state index contributed by atoms with van der Waals surface area (Å²) in [7, 11) is 0. The summed E-state index contributed by atoms with van der Waals surface area (Å²) in [4.78, 5) is 13.3. The van der Waals surface area contributed by atoms with E-state index in [1.807, 2.05) is 18.2 Å². The predicted octanol–water partition coefficient (Wildman–Crippen LogP) is 3.84. The molecule has 1 heterocycles. The lowest BCUT2D eigenvalue weighted by atomic mass is 9.97. The Labute approximate surface area is 128 Å². The SMILES string of the molecule is C/C=C\C1=C(CC)CCN(CC2=CC=CC(C=O)C=C2)C1. The zero-order chi connectivity index (χ0) is 15.1. The molecule has 0 aromatic rings. The Morgan fingerprint density at radius 1 is 1.38 bits per heavy atom. The number of nitrogens with zero attached hydrogens (tertiary/aromatic N) is 1. The maximum Gasteiger partial charge on any atom is 0.130 e. The Bertz CT molecular complexity index is 520. The Balaban J connectivity index is 2.02. The van der Waals surface area contributed by atoms with E-state index in [9.17, 15) is 4.79 Å².